The highest BCUT2D eigenvalue weighted by molar-refractivity contribution is 7.18. The standard InChI is InChI=1S/C14H17N3OS/c1-6-14(4,5)18-11-10-8-9(3)19-12(10)17-13(16-11)15-7-2/h1,8H,7H2,2-5H3,(H,15,16,17). The average Bonchev–Trinajstić information content (AvgIpc) is 2.70. The van der Waals surface area contributed by atoms with Crippen molar-refractivity contribution in [3.63, 3.8) is 0 Å². The Bertz CT molecular complexity index is 640. The Morgan fingerprint density at radius 1 is 1.47 bits per heavy atom. The summed E-state index contributed by atoms with van der Waals surface area (Å²) >= 11 is 1.62. The Labute approximate surface area is 117 Å². The van der Waals surface area contributed by atoms with Gasteiger partial charge in [0.15, 0.2) is 5.60 Å². The highest BCUT2D eigenvalue weighted by Crippen LogP contribution is 2.32. The van der Waals surface area contributed by atoms with Crippen LogP contribution < -0.4 is 10.1 Å². The van der Waals surface area contributed by atoms with E-state index in [2.05, 4.69) is 21.2 Å². The van der Waals surface area contributed by atoms with Crippen molar-refractivity contribution in [2.75, 3.05) is 11.9 Å². The maximum Gasteiger partial charge on any atom is 0.228 e. The van der Waals surface area contributed by atoms with Crippen molar-refractivity contribution < 1.29 is 4.74 Å². The molecule has 0 radical (unpaired) electrons. The Balaban J connectivity index is 2.53. The van der Waals surface area contributed by atoms with Crippen LogP contribution in [-0.2, 0) is 0 Å². The first-order valence-corrected chi connectivity index (χ1v) is 6.95. The van der Waals surface area contributed by atoms with Gasteiger partial charge in [-0.15, -0.1) is 17.8 Å². The van der Waals surface area contributed by atoms with E-state index in [1.54, 1.807) is 11.3 Å². The summed E-state index contributed by atoms with van der Waals surface area (Å²) in [6, 6.07) is 2.03. The number of aryl methyl sites for hydroxylation is 1. The molecule has 4 nitrogen and oxygen atoms in total. The quantitative estimate of drug-likeness (QED) is 0.870. The Kier molecular flexibility index (Phi) is 3.63. The van der Waals surface area contributed by atoms with Crippen LogP contribution >= 0.6 is 11.3 Å². The molecule has 0 aliphatic rings. The minimum absolute atomic E-state index is 0.535. The number of aromatic nitrogens is 2. The molecule has 5 heteroatoms. The minimum Gasteiger partial charge on any atom is -0.458 e. The van der Waals surface area contributed by atoms with Crippen molar-refractivity contribution in [3.8, 4) is 18.2 Å². The number of hydrogen-bond donors (Lipinski definition) is 1. The molecule has 0 atom stereocenters. The molecule has 0 saturated heterocycles. The fourth-order valence-electron chi connectivity index (χ4n) is 1.60. The summed E-state index contributed by atoms with van der Waals surface area (Å²) in [6.07, 6.45) is 5.47. The van der Waals surface area contributed by atoms with Gasteiger partial charge in [-0.3, -0.25) is 0 Å². The number of anilines is 1. The maximum atomic E-state index is 5.84. The van der Waals surface area contributed by atoms with Gasteiger partial charge in [-0.05, 0) is 33.8 Å². The van der Waals surface area contributed by atoms with Crippen LogP contribution in [0.2, 0.25) is 0 Å². The van der Waals surface area contributed by atoms with Crippen molar-refractivity contribution in [2.45, 2.75) is 33.3 Å². The van der Waals surface area contributed by atoms with E-state index in [4.69, 9.17) is 11.2 Å². The van der Waals surface area contributed by atoms with E-state index >= 15 is 0 Å². The minimum atomic E-state index is -0.694. The SMILES string of the molecule is C#CC(C)(C)Oc1nc(NCC)nc2sc(C)cc12. The Hall–Kier alpha value is -1.80. The molecular formula is C14H17N3OS. The number of fused-ring (bicyclic) bond motifs is 1. The largest absolute Gasteiger partial charge is 0.458 e. The second-order valence-corrected chi connectivity index (χ2v) is 5.95. The van der Waals surface area contributed by atoms with Gasteiger partial charge in [0.1, 0.15) is 4.83 Å². The molecule has 0 unspecified atom stereocenters. The van der Waals surface area contributed by atoms with Crippen LogP contribution in [0.1, 0.15) is 25.6 Å². The molecule has 0 aliphatic heterocycles. The molecule has 0 bridgehead atoms. The predicted octanol–water partition coefficient (Wildman–Crippen LogP) is 3.22. The molecule has 0 fully saturated rings. The van der Waals surface area contributed by atoms with Crippen LogP contribution in [0.4, 0.5) is 5.95 Å². The van der Waals surface area contributed by atoms with Crippen molar-refractivity contribution in [3.05, 3.63) is 10.9 Å². The van der Waals surface area contributed by atoms with Gasteiger partial charge in [0.25, 0.3) is 0 Å². The molecule has 100 valence electrons. The summed E-state index contributed by atoms with van der Waals surface area (Å²) in [5, 5.41) is 4.02. The summed E-state index contributed by atoms with van der Waals surface area (Å²) in [6.45, 7) is 8.47. The molecule has 2 rings (SSSR count). The van der Waals surface area contributed by atoms with E-state index in [1.807, 2.05) is 33.8 Å². The van der Waals surface area contributed by atoms with E-state index in [0.717, 1.165) is 16.8 Å². The van der Waals surface area contributed by atoms with E-state index in [-0.39, 0.29) is 0 Å². The van der Waals surface area contributed by atoms with E-state index < -0.39 is 5.60 Å². The number of thiophene rings is 1. The van der Waals surface area contributed by atoms with Crippen LogP contribution in [0.15, 0.2) is 6.07 Å². The lowest BCUT2D eigenvalue weighted by molar-refractivity contribution is 0.167. The first-order chi connectivity index (χ1) is 8.95. The van der Waals surface area contributed by atoms with Crippen molar-refractivity contribution in [1.29, 1.82) is 0 Å². The molecule has 19 heavy (non-hydrogen) atoms. The highest BCUT2D eigenvalue weighted by atomic mass is 32.1. The number of nitrogens with one attached hydrogen (secondary N) is 1. The molecule has 1 N–H and O–H groups in total. The lowest BCUT2D eigenvalue weighted by Gasteiger charge is -2.20. The zero-order chi connectivity index (χ0) is 14.0. The molecule has 0 amide bonds. The monoisotopic (exact) mass is 275 g/mol. The number of terminal acetylenes is 1. The third kappa shape index (κ3) is 2.96. The summed E-state index contributed by atoms with van der Waals surface area (Å²) in [5.74, 6) is 3.72. The molecule has 2 aromatic rings. The van der Waals surface area contributed by atoms with Gasteiger partial charge >= 0.3 is 0 Å². The molecule has 0 spiro atoms. The Morgan fingerprint density at radius 3 is 2.84 bits per heavy atom. The topological polar surface area (TPSA) is 47.0 Å². The van der Waals surface area contributed by atoms with Gasteiger partial charge in [0, 0.05) is 11.4 Å². The second kappa shape index (κ2) is 5.06. The number of rotatable bonds is 4. The van der Waals surface area contributed by atoms with Crippen LogP contribution in [-0.4, -0.2) is 22.1 Å². The number of hydrogen-bond acceptors (Lipinski definition) is 5. The number of ether oxygens (including phenoxy) is 1. The molecule has 0 aromatic carbocycles. The van der Waals surface area contributed by atoms with E-state index in [1.165, 1.54) is 4.88 Å². The molecule has 0 saturated carbocycles. The van der Waals surface area contributed by atoms with Gasteiger partial charge in [0.05, 0.1) is 5.39 Å². The molecule has 2 heterocycles. The average molecular weight is 275 g/mol. The van der Waals surface area contributed by atoms with Crippen LogP contribution in [0.3, 0.4) is 0 Å². The first-order valence-electron chi connectivity index (χ1n) is 6.14. The van der Waals surface area contributed by atoms with Gasteiger partial charge in [-0.25, -0.2) is 4.98 Å². The van der Waals surface area contributed by atoms with E-state index in [9.17, 15) is 0 Å². The normalized spacial score (nSPS) is 11.3. The Morgan fingerprint density at radius 2 is 2.21 bits per heavy atom. The second-order valence-electron chi connectivity index (χ2n) is 4.72. The van der Waals surface area contributed by atoms with Crippen LogP contribution in [0, 0.1) is 19.3 Å². The van der Waals surface area contributed by atoms with Crippen molar-refractivity contribution in [2.24, 2.45) is 0 Å². The summed E-state index contributed by atoms with van der Waals surface area (Å²) < 4.78 is 5.84. The lowest BCUT2D eigenvalue weighted by atomic mass is 10.1. The zero-order valence-corrected chi connectivity index (χ0v) is 12.4. The van der Waals surface area contributed by atoms with Crippen molar-refractivity contribution >= 4 is 27.5 Å². The molecule has 2 aromatic heterocycles. The van der Waals surface area contributed by atoms with Crippen LogP contribution in [0.5, 0.6) is 5.88 Å². The van der Waals surface area contributed by atoms with Gasteiger partial charge < -0.3 is 10.1 Å². The van der Waals surface area contributed by atoms with Gasteiger partial charge in [-0.2, -0.15) is 4.98 Å². The predicted molar refractivity (Wildman–Crippen MR) is 79.9 cm³/mol. The molecular weight excluding hydrogens is 258 g/mol. The van der Waals surface area contributed by atoms with Crippen molar-refractivity contribution in [1.82, 2.24) is 9.97 Å². The van der Waals surface area contributed by atoms with Crippen LogP contribution in [0.25, 0.3) is 10.2 Å². The third-order valence-corrected chi connectivity index (χ3v) is 3.46. The fraction of sp³-hybridized carbons (Fsp3) is 0.429. The summed E-state index contributed by atoms with van der Waals surface area (Å²) in [7, 11) is 0. The third-order valence-electron chi connectivity index (χ3n) is 2.52. The lowest BCUT2D eigenvalue weighted by Crippen LogP contribution is -2.26. The smallest absolute Gasteiger partial charge is 0.228 e. The maximum absolute atomic E-state index is 5.84. The zero-order valence-electron chi connectivity index (χ0n) is 11.6. The molecule has 0 aliphatic carbocycles. The van der Waals surface area contributed by atoms with Gasteiger partial charge in [-0.1, -0.05) is 5.92 Å². The highest BCUT2D eigenvalue weighted by Gasteiger charge is 2.20. The summed E-state index contributed by atoms with van der Waals surface area (Å²) in [5.41, 5.74) is -0.694. The fourth-order valence-corrected chi connectivity index (χ4v) is 2.47. The van der Waals surface area contributed by atoms with Gasteiger partial charge in [0.2, 0.25) is 11.8 Å². The number of nitrogens with zero attached hydrogens (tertiary/aromatic N) is 2. The van der Waals surface area contributed by atoms with E-state index in [0.29, 0.717) is 11.8 Å². The first kappa shape index (κ1) is 13.6. The summed E-state index contributed by atoms with van der Waals surface area (Å²) in [4.78, 5) is 10.9.